The summed E-state index contributed by atoms with van der Waals surface area (Å²) in [6.07, 6.45) is 0. The van der Waals surface area contributed by atoms with Crippen molar-refractivity contribution in [3.05, 3.63) is 69.3 Å². The fourth-order valence-electron chi connectivity index (χ4n) is 3.75. The Balaban J connectivity index is 1.68. The van der Waals surface area contributed by atoms with Crippen molar-refractivity contribution in [3.63, 3.8) is 0 Å². The number of nitrogens with one attached hydrogen (secondary N) is 1. The molecule has 1 aliphatic heterocycles. The number of halogens is 3. The first-order chi connectivity index (χ1) is 15.8. The highest BCUT2D eigenvalue weighted by molar-refractivity contribution is 6.32. The molecule has 0 spiro atoms. The van der Waals surface area contributed by atoms with Crippen molar-refractivity contribution < 1.29 is 14.0 Å². The standard InChI is InChI=1S/C22H17Cl2FN6O2/c23-14-3-1-2-12(6-14)20-19(21(27)32)18-11-30(10-16(8-25)31(18)29-20)22(33)28-15-5-4-13(9-26)17(24)7-15/h1-7,16H,8,10-11H2,(H2,27,32)(H,28,33)/t16-/m1/s1. The zero-order valence-electron chi connectivity index (χ0n) is 17.1. The van der Waals surface area contributed by atoms with E-state index in [2.05, 4.69) is 10.4 Å². The summed E-state index contributed by atoms with van der Waals surface area (Å²) in [5, 5.41) is 16.8. The van der Waals surface area contributed by atoms with E-state index >= 15 is 0 Å². The highest BCUT2D eigenvalue weighted by Crippen LogP contribution is 2.33. The third-order valence-corrected chi connectivity index (χ3v) is 5.83. The van der Waals surface area contributed by atoms with Gasteiger partial charge in [-0.3, -0.25) is 9.48 Å². The SMILES string of the molecule is N#Cc1ccc(NC(=O)N2Cc3c(C(N)=O)c(-c4cccc(Cl)c4)nn3[C@H](CF)C2)cc1Cl. The molecule has 0 fully saturated rings. The van der Waals surface area contributed by atoms with Gasteiger partial charge >= 0.3 is 6.03 Å². The number of carbonyl (C=O) groups is 2. The van der Waals surface area contributed by atoms with Gasteiger partial charge in [0.1, 0.15) is 18.4 Å². The van der Waals surface area contributed by atoms with E-state index in [1.807, 2.05) is 6.07 Å². The Labute approximate surface area is 198 Å². The van der Waals surface area contributed by atoms with E-state index in [0.717, 1.165) is 0 Å². The van der Waals surface area contributed by atoms with Crippen LogP contribution in [0, 0.1) is 11.3 Å². The van der Waals surface area contributed by atoms with E-state index in [4.69, 9.17) is 34.2 Å². The van der Waals surface area contributed by atoms with Crippen molar-refractivity contribution in [2.75, 3.05) is 18.5 Å². The second-order valence-electron chi connectivity index (χ2n) is 7.41. The van der Waals surface area contributed by atoms with Crippen molar-refractivity contribution in [2.24, 2.45) is 5.73 Å². The number of amides is 3. The van der Waals surface area contributed by atoms with Crippen LogP contribution >= 0.6 is 23.2 Å². The highest BCUT2D eigenvalue weighted by atomic mass is 35.5. The van der Waals surface area contributed by atoms with Gasteiger partial charge < -0.3 is 16.0 Å². The van der Waals surface area contributed by atoms with Gasteiger partial charge in [0.25, 0.3) is 5.91 Å². The van der Waals surface area contributed by atoms with E-state index in [1.54, 1.807) is 24.3 Å². The second-order valence-corrected chi connectivity index (χ2v) is 8.26. The zero-order valence-corrected chi connectivity index (χ0v) is 18.6. The van der Waals surface area contributed by atoms with Gasteiger partial charge in [-0.2, -0.15) is 10.4 Å². The number of primary amides is 1. The Morgan fingerprint density at radius 1 is 1.27 bits per heavy atom. The number of hydrogen-bond acceptors (Lipinski definition) is 4. The number of carbonyl (C=O) groups excluding carboxylic acids is 2. The molecule has 2 aromatic carbocycles. The molecule has 1 aromatic heterocycles. The van der Waals surface area contributed by atoms with Gasteiger partial charge in [-0.25, -0.2) is 9.18 Å². The van der Waals surface area contributed by atoms with Crippen molar-refractivity contribution >= 4 is 40.8 Å². The van der Waals surface area contributed by atoms with Crippen LogP contribution in [-0.4, -0.2) is 39.8 Å². The smallest absolute Gasteiger partial charge is 0.322 e. The molecule has 1 aliphatic rings. The lowest BCUT2D eigenvalue weighted by atomic mass is 10.0. The minimum Gasteiger partial charge on any atom is -0.365 e. The van der Waals surface area contributed by atoms with Crippen LogP contribution in [0.1, 0.15) is 27.7 Å². The summed E-state index contributed by atoms with van der Waals surface area (Å²) < 4.78 is 15.4. The molecule has 1 atom stereocenters. The topological polar surface area (TPSA) is 117 Å². The fourth-order valence-corrected chi connectivity index (χ4v) is 4.16. The molecule has 8 nitrogen and oxygen atoms in total. The van der Waals surface area contributed by atoms with Gasteiger partial charge in [0.05, 0.1) is 34.4 Å². The number of benzene rings is 2. The largest absolute Gasteiger partial charge is 0.365 e. The van der Waals surface area contributed by atoms with Crippen molar-refractivity contribution in [2.45, 2.75) is 12.6 Å². The van der Waals surface area contributed by atoms with Gasteiger partial charge in [0.15, 0.2) is 0 Å². The third kappa shape index (κ3) is 4.35. The van der Waals surface area contributed by atoms with E-state index in [0.29, 0.717) is 22.0 Å². The summed E-state index contributed by atoms with van der Waals surface area (Å²) in [7, 11) is 0. The number of nitrogens with zero attached hydrogens (tertiary/aromatic N) is 4. The van der Waals surface area contributed by atoms with Crippen LogP contribution in [0.25, 0.3) is 11.3 Å². The first-order valence-electron chi connectivity index (χ1n) is 9.81. The maximum Gasteiger partial charge on any atom is 0.322 e. The van der Waals surface area contributed by atoms with Gasteiger partial charge in [-0.15, -0.1) is 0 Å². The molecule has 33 heavy (non-hydrogen) atoms. The summed E-state index contributed by atoms with van der Waals surface area (Å²) >= 11 is 12.1. The molecule has 3 amide bonds. The molecular formula is C22H17Cl2FN6O2. The van der Waals surface area contributed by atoms with E-state index in [1.165, 1.54) is 27.8 Å². The van der Waals surface area contributed by atoms with Crippen LogP contribution in [0.3, 0.4) is 0 Å². The summed E-state index contributed by atoms with van der Waals surface area (Å²) in [5.41, 5.74) is 7.57. The van der Waals surface area contributed by atoms with Crippen molar-refractivity contribution in [1.82, 2.24) is 14.7 Å². The average Bonchev–Trinajstić information content (AvgIpc) is 3.18. The molecule has 0 radical (unpaired) electrons. The van der Waals surface area contributed by atoms with Crippen LogP contribution in [0.15, 0.2) is 42.5 Å². The monoisotopic (exact) mass is 486 g/mol. The lowest BCUT2D eigenvalue weighted by molar-refractivity contribution is 0.0995. The molecule has 0 saturated carbocycles. The molecule has 168 valence electrons. The summed E-state index contributed by atoms with van der Waals surface area (Å²) in [6, 6.07) is 11.8. The van der Waals surface area contributed by atoms with Gasteiger partial charge in [0, 0.05) is 22.8 Å². The molecule has 4 rings (SSSR count). The normalized spacial score (nSPS) is 15.0. The quantitative estimate of drug-likeness (QED) is 0.568. The molecule has 11 heteroatoms. The Morgan fingerprint density at radius 3 is 2.70 bits per heavy atom. The van der Waals surface area contributed by atoms with Crippen molar-refractivity contribution in [3.8, 4) is 17.3 Å². The van der Waals surface area contributed by atoms with E-state index < -0.39 is 24.7 Å². The van der Waals surface area contributed by atoms with E-state index in [-0.39, 0.29) is 34.9 Å². The second kappa shape index (κ2) is 9.10. The Morgan fingerprint density at radius 2 is 2.06 bits per heavy atom. The first kappa shape index (κ1) is 22.6. The van der Waals surface area contributed by atoms with Crippen LogP contribution in [0.5, 0.6) is 0 Å². The van der Waals surface area contributed by atoms with Crippen LogP contribution in [0.4, 0.5) is 14.9 Å². The predicted octanol–water partition coefficient (Wildman–Crippen LogP) is 4.39. The molecule has 0 aliphatic carbocycles. The molecular weight excluding hydrogens is 470 g/mol. The molecule has 0 saturated heterocycles. The third-order valence-electron chi connectivity index (χ3n) is 5.28. The summed E-state index contributed by atoms with van der Waals surface area (Å²) in [5.74, 6) is -0.745. The molecule has 3 N–H and O–H groups in total. The molecule has 0 bridgehead atoms. The van der Waals surface area contributed by atoms with Crippen LogP contribution in [0.2, 0.25) is 10.0 Å². The van der Waals surface area contributed by atoms with Gasteiger partial charge in [0.2, 0.25) is 0 Å². The number of nitrogens with two attached hydrogens (primary N) is 1. The van der Waals surface area contributed by atoms with Crippen molar-refractivity contribution in [1.29, 1.82) is 5.26 Å². The van der Waals surface area contributed by atoms with Crippen LogP contribution in [-0.2, 0) is 6.54 Å². The average molecular weight is 487 g/mol. The number of urea groups is 1. The number of alkyl halides is 1. The molecule has 3 aromatic rings. The lowest BCUT2D eigenvalue weighted by Gasteiger charge is -2.33. The molecule has 0 unspecified atom stereocenters. The summed E-state index contributed by atoms with van der Waals surface area (Å²) in [6.45, 7) is -0.805. The first-order valence-corrected chi connectivity index (χ1v) is 10.6. The maximum atomic E-state index is 14.0. The Bertz CT molecular complexity index is 1300. The van der Waals surface area contributed by atoms with E-state index in [9.17, 15) is 14.0 Å². The minimum absolute atomic E-state index is 0.0157. The van der Waals surface area contributed by atoms with Gasteiger partial charge in [-0.1, -0.05) is 35.3 Å². The highest BCUT2D eigenvalue weighted by Gasteiger charge is 2.34. The fraction of sp³-hybridized carbons (Fsp3) is 0.182. The minimum atomic E-state index is -0.811. The number of fused-ring (bicyclic) bond motifs is 1. The van der Waals surface area contributed by atoms with Gasteiger partial charge in [-0.05, 0) is 30.3 Å². The number of hydrogen-bond donors (Lipinski definition) is 2. The maximum absolute atomic E-state index is 14.0. The number of aromatic nitrogens is 2. The Kier molecular flexibility index (Phi) is 6.22. The number of nitriles is 1. The lowest BCUT2D eigenvalue weighted by Crippen LogP contribution is -2.44. The number of anilines is 1. The Hall–Kier alpha value is -3.61. The molecule has 2 heterocycles. The predicted molar refractivity (Wildman–Crippen MR) is 122 cm³/mol. The number of rotatable bonds is 4. The zero-order chi connectivity index (χ0) is 23.7. The summed E-state index contributed by atoms with van der Waals surface area (Å²) in [4.78, 5) is 26.6. The van der Waals surface area contributed by atoms with Crippen LogP contribution < -0.4 is 11.1 Å².